The molecule has 74 valence electrons. The molecule has 1 saturated heterocycles. The van der Waals surface area contributed by atoms with Gasteiger partial charge in [-0.25, -0.2) is 0 Å². The van der Waals surface area contributed by atoms with Crippen molar-refractivity contribution in [3.05, 3.63) is 0 Å². The number of rotatable bonds is 0. The molecule has 0 spiro atoms. The zero-order valence-corrected chi connectivity index (χ0v) is 8.47. The molecule has 1 heteroatoms. The highest BCUT2D eigenvalue weighted by molar-refractivity contribution is 4.96. The molecule has 0 aromatic carbocycles. The molecule has 2 saturated carbocycles. The summed E-state index contributed by atoms with van der Waals surface area (Å²) >= 11 is 0. The van der Waals surface area contributed by atoms with Crippen molar-refractivity contribution in [1.29, 1.82) is 0 Å². The lowest BCUT2D eigenvalue weighted by atomic mass is 9.68. The minimum absolute atomic E-state index is 0.916. The Kier molecular flexibility index (Phi) is 2.08. The first kappa shape index (κ1) is 8.28. The summed E-state index contributed by atoms with van der Waals surface area (Å²) in [6, 6.07) is 0.916. The molecular weight excluding hydrogens is 158 g/mol. The molecule has 0 amide bonds. The van der Waals surface area contributed by atoms with Gasteiger partial charge in [-0.1, -0.05) is 19.3 Å². The molecule has 1 heterocycles. The molecule has 1 nitrogen and oxygen atoms in total. The van der Waals surface area contributed by atoms with E-state index in [4.69, 9.17) is 0 Å². The maximum atomic E-state index is 3.78. The molecule has 0 aromatic rings. The van der Waals surface area contributed by atoms with Crippen LogP contribution in [0.2, 0.25) is 0 Å². The minimum Gasteiger partial charge on any atom is -0.313 e. The third kappa shape index (κ3) is 1.32. The Morgan fingerprint density at radius 1 is 0.769 bits per heavy atom. The van der Waals surface area contributed by atoms with E-state index in [-0.39, 0.29) is 0 Å². The standard InChI is InChI=1S/C12H21N/c1-2-5-10-9(4-1)8-13-12-7-3-6-11(10)12/h9-13H,1-8H2. The summed E-state index contributed by atoms with van der Waals surface area (Å²) in [5.41, 5.74) is 0. The largest absolute Gasteiger partial charge is 0.313 e. The van der Waals surface area contributed by atoms with Gasteiger partial charge in [0, 0.05) is 6.04 Å². The van der Waals surface area contributed by atoms with Crippen LogP contribution in [-0.4, -0.2) is 12.6 Å². The number of hydrogen-bond acceptors (Lipinski definition) is 1. The maximum absolute atomic E-state index is 3.78. The van der Waals surface area contributed by atoms with Crippen molar-refractivity contribution in [2.24, 2.45) is 17.8 Å². The first-order valence-corrected chi connectivity index (χ1v) is 6.18. The Labute approximate surface area is 81.3 Å². The lowest BCUT2D eigenvalue weighted by Crippen LogP contribution is -2.49. The second-order valence-electron chi connectivity index (χ2n) is 5.32. The van der Waals surface area contributed by atoms with Crippen molar-refractivity contribution in [3.63, 3.8) is 0 Å². The summed E-state index contributed by atoms with van der Waals surface area (Å²) in [6.07, 6.45) is 10.6. The van der Waals surface area contributed by atoms with Gasteiger partial charge in [0.15, 0.2) is 0 Å². The Morgan fingerprint density at radius 3 is 2.62 bits per heavy atom. The summed E-state index contributed by atoms with van der Waals surface area (Å²) in [6.45, 7) is 1.34. The smallest absolute Gasteiger partial charge is 0.00982 e. The van der Waals surface area contributed by atoms with Crippen LogP contribution in [0.1, 0.15) is 44.9 Å². The van der Waals surface area contributed by atoms with Crippen LogP contribution in [-0.2, 0) is 0 Å². The van der Waals surface area contributed by atoms with Gasteiger partial charge in [0.1, 0.15) is 0 Å². The fourth-order valence-electron chi connectivity index (χ4n) is 4.11. The highest BCUT2D eigenvalue weighted by Gasteiger charge is 2.41. The molecule has 2 aliphatic carbocycles. The summed E-state index contributed by atoms with van der Waals surface area (Å²) in [5, 5.41) is 3.78. The Balaban J connectivity index is 1.77. The molecule has 3 rings (SSSR count). The van der Waals surface area contributed by atoms with E-state index in [9.17, 15) is 0 Å². The fraction of sp³-hybridized carbons (Fsp3) is 1.00. The molecule has 4 unspecified atom stereocenters. The first-order valence-electron chi connectivity index (χ1n) is 6.18. The highest BCUT2D eigenvalue weighted by Crippen LogP contribution is 2.44. The summed E-state index contributed by atoms with van der Waals surface area (Å²) in [4.78, 5) is 0. The third-order valence-corrected chi connectivity index (χ3v) is 4.73. The van der Waals surface area contributed by atoms with Crippen molar-refractivity contribution in [2.45, 2.75) is 51.0 Å². The van der Waals surface area contributed by atoms with Gasteiger partial charge in [-0.15, -0.1) is 0 Å². The van der Waals surface area contributed by atoms with Crippen LogP contribution in [0.4, 0.5) is 0 Å². The van der Waals surface area contributed by atoms with E-state index in [2.05, 4.69) is 5.32 Å². The van der Waals surface area contributed by atoms with Gasteiger partial charge in [-0.2, -0.15) is 0 Å². The van der Waals surface area contributed by atoms with E-state index >= 15 is 0 Å². The molecule has 0 aromatic heterocycles. The molecular formula is C12H21N. The van der Waals surface area contributed by atoms with Gasteiger partial charge in [0.25, 0.3) is 0 Å². The topological polar surface area (TPSA) is 12.0 Å². The van der Waals surface area contributed by atoms with Crippen LogP contribution in [0.3, 0.4) is 0 Å². The summed E-state index contributed by atoms with van der Waals surface area (Å²) in [7, 11) is 0. The van der Waals surface area contributed by atoms with Crippen LogP contribution < -0.4 is 5.32 Å². The van der Waals surface area contributed by atoms with Crippen molar-refractivity contribution >= 4 is 0 Å². The minimum atomic E-state index is 0.916. The van der Waals surface area contributed by atoms with Crippen LogP contribution >= 0.6 is 0 Å². The van der Waals surface area contributed by atoms with Gasteiger partial charge in [-0.3, -0.25) is 0 Å². The molecule has 3 fully saturated rings. The van der Waals surface area contributed by atoms with Gasteiger partial charge in [-0.05, 0) is 50.0 Å². The average Bonchev–Trinajstić information content (AvgIpc) is 2.65. The molecule has 13 heavy (non-hydrogen) atoms. The zero-order valence-electron chi connectivity index (χ0n) is 8.47. The first-order chi connectivity index (χ1) is 6.45. The van der Waals surface area contributed by atoms with Crippen molar-refractivity contribution < 1.29 is 0 Å². The molecule has 4 atom stereocenters. The lowest BCUT2D eigenvalue weighted by Gasteiger charge is -2.43. The fourth-order valence-corrected chi connectivity index (χ4v) is 4.11. The van der Waals surface area contributed by atoms with Gasteiger partial charge in [0.05, 0.1) is 0 Å². The van der Waals surface area contributed by atoms with Crippen LogP contribution in [0, 0.1) is 17.8 Å². The molecule has 1 N–H and O–H groups in total. The Morgan fingerprint density at radius 2 is 1.62 bits per heavy atom. The van der Waals surface area contributed by atoms with Crippen molar-refractivity contribution in [3.8, 4) is 0 Å². The van der Waals surface area contributed by atoms with E-state index in [0.29, 0.717) is 0 Å². The normalized spacial score (nSPS) is 49.8. The predicted molar refractivity (Wildman–Crippen MR) is 54.6 cm³/mol. The second kappa shape index (κ2) is 3.27. The van der Waals surface area contributed by atoms with E-state index < -0.39 is 0 Å². The van der Waals surface area contributed by atoms with Gasteiger partial charge >= 0.3 is 0 Å². The SMILES string of the molecule is C1CCC2C(C1)CNC1CCCC12. The van der Waals surface area contributed by atoms with Crippen molar-refractivity contribution in [1.82, 2.24) is 5.32 Å². The Hall–Kier alpha value is -0.0400. The molecule has 0 radical (unpaired) electrons. The Bertz CT molecular complexity index is 190. The van der Waals surface area contributed by atoms with Gasteiger partial charge in [0.2, 0.25) is 0 Å². The summed E-state index contributed by atoms with van der Waals surface area (Å²) < 4.78 is 0. The maximum Gasteiger partial charge on any atom is 0.00982 e. The second-order valence-corrected chi connectivity index (χ2v) is 5.32. The van der Waals surface area contributed by atoms with Crippen LogP contribution in [0.25, 0.3) is 0 Å². The lowest BCUT2D eigenvalue weighted by molar-refractivity contribution is 0.0973. The van der Waals surface area contributed by atoms with E-state index in [1.807, 2.05) is 0 Å². The molecule has 1 aliphatic heterocycles. The van der Waals surface area contributed by atoms with Crippen LogP contribution in [0.5, 0.6) is 0 Å². The van der Waals surface area contributed by atoms with E-state index in [1.165, 1.54) is 45.1 Å². The number of fused-ring (bicyclic) bond motifs is 3. The highest BCUT2D eigenvalue weighted by atomic mass is 15.0. The summed E-state index contributed by atoms with van der Waals surface area (Å²) in [5.74, 6) is 3.23. The van der Waals surface area contributed by atoms with Crippen molar-refractivity contribution in [2.75, 3.05) is 6.54 Å². The number of hydrogen-bond donors (Lipinski definition) is 1. The third-order valence-electron chi connectivity index (χ3n) is 4.73. The van der Waals surface area contributed by atoms with Crippen LogP contribution in [0.15, 0.2) is 0 Å². The van der Waals surface area contributed by atoms with E-state index in [1.54, 1.807) is 6.42 Å². The number of nitrogens with one attached hydrogen (secondary N) is 1. The molecule has 3 aliphatic rings. The average molecular weight is 179 g/mol. The van der Waals surface area contributed by atoms with Gasteiger partial charge < -0.3 is 5.32 Å². The molecule has 0 bridgehead atoms. The predicted octanol–water partition coefficient (Wildman–Crippen LogP) is 2.56. The zero-order chi connectivity index (χ0) is 8.67. The number of piperidine rings is 1. The van der Waals surface area contributed by atoms with E-state index in [0.717, 1.165) is 23.8 Å². The monoisotopic (exact) mass is 179 g/mol. The quantitative estimate of drug-likeness (QED) is 0.602.